The van der Waals surface area contributed by atoms with Crippen molar-refractivity contribution in [3.05, 3.63) is 0 Å². The first-order valence-electron chi connectivity index (χ1n) is 9.18. The molecule has 0 bridgehead atoms. The maximum absolute atomic E-state index is 12.3. The first-order valence-corrected chi connectivity index (χ1v) is 11.1. The second-order valence-corrected chi connectivity index (χ2v) is 9.79. The largest absolute Gasteiger partial charge is 0.381 e. The molecule has 2 aliphatic rings. The maximum Gasteiger partial charge on any atom is 0.191 e. The van der Waals surface area contributed by atoms with Crippen molar-refractivity contribution in [3.63, 3.8) is 0 Å². The molecule has 2 unspecified atom stereocenters. The molecular weight excluding hydrogens is 326 g/mol. The molecule has 1 aliphatic heterocycles. The Hall–Kier alpha value is -0.820. The summed E-state index contributed by atoms with van der Waals surface area (Å²) in [7, 11) is -3.18. The van der Waals surface area contributed by atoms with E-state index in [4.69, 9.17) is 4.74 Å². The molecule has 2 atom stereocenters. The monoisotopic (exact) mass is 359 g/mol. The third-order valence-electron chi connectivity index (χ3n) is 5.34. The lowest BCUT2D eigenvalue weighted by molar-refractivity contribution is 0.0768. The fraction of sp³-hybridized carbons (Fsp3) is 0.941. The number of guanidine groups is 1. The quantitative estimate of drug-likeness (QED) is 0.577. The Kier molecular flexibility index (Phi) is 6.92. The Morgan fingerprint density at radius 3 is 2.58 bits per heavy atom. The molecule has 0 radical (unpaired) electrons. The number of nitrogens with one attached hydrogen (secondary N) is 2. The summed E-state index contributed by atoms with van der Waals surface area (Å²) in [5, 5.41) is 6.77. The van der Waals surface area contributed by atoms with E-state index in [0.717, 1.165) is 31.3 Å². The van der Waals surface area contributed by atoms with E-state index in [-0.39, 0.29) is 0 Å². The molecule has 1 saturated heterocycles. The summed E-state index contributed by atoms with van der Waals surface area (Å²) in [6.07, 6.45) is 7.21. The molecule has 0 spiro atoms. The van der Waals surface area contributed by atoms with Gasteiger partial charge in [0.25, 0.3) is 0 Å². The maximum atomic E-state index is 12.3. The molecular formula is C17H33N3O3S. The number of nitrogens with zero attached hydrogens (tertiary/aromatic N) is 1. The summed E-state index contributed by atoms with van der Waals surface area (Å²) in [5.41, 5.74) is 0. The SMILES string of the molecule is CCNC(=NCC1(S(C)(=O)=O)CCOCC1)NC1CCCC(C)C1. The van der Waals surface area contributed by atoms with Crippen LogP contribution in [0.1, 0.15) is 52.4 Å². The van der Waals surface area contributed by atoms with E-state index in [0.29, 0.717) is 38.6 Å². The third kappa shape index (κ3) is 5.09. The number of ether oxygens (including phenoxy) is 1. The van der Waals surface area contributed by atoms with Crippen molar-refractivity contribution in [2.24, 2.45) is 10.9 Å². The van der Waals surface area contributed by atoms with Crippen LogP contribution in [0, 0.1) is 5.92 Å². The summed E-state index contributed by atoms with van der Waals surface area (Å²) in [5.74, 6) is 1.48. The van der Waals surface area contributed by atoms with Crippen molar-refractivity contribution in [2.45, 2.75) is 63.2 Å². The normalized spacial score (nSPS) is 28.4. The van der Waals surface area contributed by atoms with Gasteiger partial charge < -0.3 is 15.4 Å². The van der Waals surface area contributed by atoms with Crippen LogP contribution >= 0.6 is 0 Å². The van der Waals surface area contributed by atoms with Crippen LogP contribution in [0.2, 0.25) is 0 Å². The fourth-order valence-corrected chi connectivity index (χ4v) is 4.90. The van der Waals surface area contributed by atoms with Gasteiger partial charge in [0.1, 0.15) is 0 Å². The van der Waals surface area contributed by atoms with E-state index in [2.05, 4.69) is 22.5 Å². The topological polar surface area (TPSA) is 79.8 Å². The van der Waals surface area contributed by atoms with Gasteiger partial charge in [-0.05, 0) is 38.5 Å². The van der Waals surface area contributed by atoms with Crippen molar-refractivity contribution in [1.29, 1.82) is 0 Å². The zero-order chi connectivity index (χ0) is 17.6. The second kappa shape index (κ2) is 8.52. The number of rotatable bonds is 5. The van der Waals surface area contributed by atoms with Crippen molar-refractivity contribution < 1.29 is 13.2 Å². The average Bonchev–Trinajstić information content (AvgIpc) is 2.53. The van der Waals surface area contributed by atoms with Crippen molar-refractivity contribution in [2.75, 3.05) is 32.6 Å². The molecule has 0 aromatic rings. The smallest absolute Gasteiger partial charge is 0.191 e. The van der Waals surface area contributed by atoms with Crippen LogP contribution in [0.3, 0.4) is 0 Å². The van der Waals surface area contributed by atoms with Gasteiger partial charge in [0, 0.05) is 32.1 Å². The summed E-state index contributed by atoms with van der Waals surface area (Å²) in [6.45, 7) is 6.37. The first-order chi connectivity index (χ1) is 11.4. The van der Waals surface area contributed by atoms with Crippen molar-refractivity contribution in [1.82, 2.24) is 10.6 Å². The summed E-state index contributed by atoms with van der Waals surface area (Å²) < 4.78 is 29.3. The summed E-state index contributed by atoms with van der Waals surface area (Å²) >= 11 is 0. The van der Waals surface area contributed by atoms with Crippen LogP contribution in [-0.2, 0) is 14.6 Å². The molecule has 1 saturated carbocycles. The molecule has 6 nitrogen and oxygen atoms in total. The van der Waals surface area contributed by atoms with Gasteiger partial charge in [-0.2, -0.15) is 0 Å². The average molecular weight is 360 g/mol. The van der Waals surface area contributed by atoms with Crippen LogP contribution in [-0.4, -0.2) is 57.7 Å². The second-order valence-electron chi connectivity index (χ2n) is 7.38. The standard InChI is InChI=1S/C17H33N3O3S/c1-4-18-16(20-15-7-5-6-14(2)12-15)19-13-17(24(3,21)22)8-10-23-11-9-17/h14-15H,4-13H2,1-3H3,(H2,18,19,20). The van der Waals surface area contributed by atoms with Gasteiger partial charge in [0.15, 0.2) is 15.8 Å². The Labute approximate surface area is 146 Å². The van der Waals surface area contributed by atoms with Gasteiger partial charge in [-0.15, -0.1) is 0 Å². The number of aliphatic imine (C=N–C) groups is 1. The highest BCUT2D eigenvalue weighted by Gasteiger charge is 2.42. The van der Waals surface area contributed by atoms with Crippen LogP contribution < -0.4 is 10.6 Å². The lowest BCUT2D eigenvalue weighted by Crippen LogP contribution is -2.49. The highest BCUT2D eigenvalue weighted by molar-refractivity contribution is 7.92. The van der Waals surface area contributed by atoms with Crippen LogP contribution in [0.25, 0.3) is 0 Å². The first kappa shape index (κ1) is 19.5. The number of hydrogen-bond donors (Lipinski definition) is 2. The van der Waals surface area contributed by atoms with E-state index in [9.17, 15) is 8.42 Å². The lowest BCUT2D eigenvalue weighted by Gasteiger charge is -2.34. The minimum absolute atomic E-state index is 0.298. The summed E-state index contributed by atoms with van der Waals surface area (Å²) in [4.78, 5) is 4.65. The molecule has 0 aromatic carbocycles. The molecule has 7 heteroatoms. The summed E-state index contributed by atoms with van der Waals surface area (Å²) in [6, 6.07) is 0.426. The van der Waals surface area contributed by atoms with Crippen LogP contribution in [0.15, 0.2) is 4.99 Å². The van der Waals surface area contributed by atoms with E-state index >= 15 is 0 Å². The Bertz CT molecular complexity index is 527. The predicted octanol–water partition coefficient (Wildman–Crippen LogP) is 1.71. The zero-order valence-electron chi connectivity index (χ0n) is 15.3. The van der Waals surface area contributed by atoms with Crippen LogP contribution in [0.4, 0.5) is 0 Å². The predicted molar refractivity (Wildman–Crippen MR) is 98.2 cm³/mol. The Balaban J connectivity index is 2.08. The highest BCUT2D eigenvalue weighted by atomic mass is 32.2. The van der Waals surface area contributed by atoms with E-state index in [1.54, 1.807) is 0 Å². The number of hydrogen-bond acceptors (Lipinski definition) is 4. The fourth-order valence-electron chi connectivity index (χ4n) is 3.69. The van der Waals surface area contributed by atoms with Gasteiger partial charge >= 0.3 is 0 Å². The highest BCUT2D eigenvalue weighted by Crippen LogP contribution is 2.30. The van der Waals surface area contributed by atoms with E-state index in [1.165, 1.54) is 19.1 Å². The lowest BCUT2D eigenvalue weighted by atomic mass is 9.87. The van der Waals surface area contributed by atoms with Crippen molar-refractivity contribution in [3.8, 4) is 0 Å². The van der Waals surface area contributed by atoms with Crippen LogP contribution in [0.5, 0.6) is 0 Å². The molecule has 2 fully saturated rings. The van der Waals surface area contributed by atoms with E-state index < -0.39 is 14.6 Å². The molecule has 1 aliphatic carbocycles. The van der Waals surface area contributed by atoms with Crippen molar-refractivity contribution >= 4 is 15.8 Å². The minimum atomic E-state index is -3.18. The molecule has 1 heterocycles. The third-order valence-corrected chi connectivity index (χ3v) is 7.45. The molecule has 0 aromatic heterocycles. The minimum Gasteiger partial charge on any atom is -0.381 e. The molecule has 140 valence electrons. The molecule has 2 N–H and O–H groups in total. The molecule has 0 amide bonds. The molecule has 24 heavy (non-hydrogen) atoms. The van der Waals surface area contributed by atoms with Gasteiger partial charge in [-0.1, -0.05) is 19.8 Å². The van der Waals surface area contributed by atoms with Gasteiger partial charge in [-0.25, -0.2) is 8.42 Å². The molecule has 2 rings (SSSR count). The Morgan fingerprint density at radius 2 is 2.00 bits per heavy atom. The van der Waals surface area contributed by atoms with Gasteiger partial charge in [0.05, 0.1) is 11.3 Å². The number of sulfone groups is 1. The van der Waals surface area contributed by atoms with Gasteiger partial charge in [-0.3, -0.25) is 4.99 Å². The van der Waals surface area contributed by atoms with Gasteiger partial charge in [0.2, 0.25) is 0 Å². The van der Waals surface area contributed by atoms with E-state index in [1.807, 2.05) is 6.92 Å². The Morgan fingerprint density at radius 1 is 1.29 bits per heavy atom. The zero-order valence-corrected chi connectivity index (χ0v) is 16.1.